The maximum atomic E-state index is 13.5. The highest BCUT2D eigenvalue weighted by atomic mass is 35.5. The van der Waals surface area contributed by atoms with E-state index < -0.39 is 22.5 Å². The first-order valence-corrected chi connectivity index (χ1v) is 12.2. The van der Waals surface area contributed by atoms with Gasteiger partial charge in [-0.05, 0) is 54.8 Å². The number of para-hydroxylation sites is 1. The van der Waals surface area contributed by atoms with E-state index in [1.165, 1.54) is 30.3 Å². The Morgan fingerprint density at radius 3 is 2.16 bits per heavy atom. The molecule has 0 radical (unpaired) electrons. The van der Waals surface area contributed by atoms with Crippen LogP contribution in [0.5, 0.6) is 0 Å². The molecule has 8 heteroatoms. The first-order valence-electron chi connectivity index (χ1n) is 10.0. The molecule has 3 aromatic carbocycles. The molecule has 0 bridgehead atoms. The minimum Gasteiger partial charge on any atom is -0.324 e. The Morgan fingerprint density at radius 1 is 0.969 bits per heavy atom. The lowest BCUT2D eigenvalue weighted by molar-refractivity contribution is -0.114. The summed E-state index contributed by atoms with van der Waals surface area (Å²) in [7, 11) is -4.06. The van der Waals surface area contributed by atoms with Crippen LogP contribution in [0.2, 0.25) is 10.0 Å². The maximum Gasteiger partial charge on any atom is 0.264 e. The molecule has 5 nitrogen and oxygen atoms in total. The third-order valence-corrected chi connectivity index (χ3v) is 7.11. The first kappa shape index (κ1) is 24.1. The molecule has 1 amide bonds. The summed E-state index contributed by atoms with van der Waals surface area (Å²) in [6.45, 7) is 5.46. The van der Waals surface area contributed by atoms with E-state index in [0.717, 1.165) is 15.4 Å². The van der Waals surface area contributed by atoms with Gasteiger partial charge in [0.2, 0.25) is 5.91 Å². The van der Waals surface area contributed by atoms with Crippen LogP contribution in [-0.4, -0.2) is 20.9 Å². The molecule has 0 unspecified atom stereocenters. The van der Waals surface area contributed by atoms with E-state index in [4.69, 9.17) is 23.2 Å². The van der Waals surface area contributed by atoms with E-state index >= 15 is 0 Å². The smallest absolute Gasteiger partial charge is 0.264 e. The predicted octanol–water partition coefficient (Wildman–Crippen LogP) is 6.26. The number of anilines is 2. The molecule has 0 aromatic heterocycles. The molecule has 168 valence electrons. The van der Waals surface area contributed by atoms with Crippen molar-refractivity contribution < 1.29 is 13.2 Å². The average molecular weight is 491 g/mol. The van der Waals surface area contributed by atoms with Crippen molar-refractivity contribution in [1.29, 1.82) is 0 Å². The lowest BCUT2D eigenvalue weighted by Gasteiger charge is -2.25. The maximum absolute atomic E-state index is 13.5. The Balaban J connectivity index is 2.00. The van der Waals surface area contributed by atoms with Gasteiger partial charge in [-0.25, -0.2) is 8.42 Å². The van der Waals surface area contributed by atoms with Gasteiger partial charge in [0.1, 0.15) is 6.54 Å². The van der Waals surface area contributed by atoms with Gasteiger partial charge in [0.15, 0.2) is 0 Å². The Morgan fingerprint density at radius 2 is 1.56 bits per heavy atom. The molecule has 32 heavy (non-hydrogen) atoms. The molecule has 0 atom stereocenters. The number of amides is 1. The van der Waals surface area contributed by atoms with Crippen molar-refractivity contribution in [2.75, 3.05) is 16.2 Å². The predicted molar refractivity (Wildman–Crippen MR) is 131 cm³/mol. The fourth-order valence-corrected chi connectivity index (χ4v) is 5.19. The molecule has 3 rings (SSSR count). The Kier molecular flexibility index (Phi) is 7.49. The van der Waals surface area contributed by atoms with Gasteiger partial charge in [0, 0.05) is 15.7 Å². The summed E-state index contributed by atoms with van der Waals surface area (Å²) in [6, 6.07) is 18.3. The van der Waals surface area contributed by atoms with Crippen molar-refractivity contribution in [3.8, 4) is 0 Å². The molecule has 0 saturated carbocycles. The number of sulfonamides is 1. The highest BCUT2D eigenvalue weighted by Gasteiger charge is 2.28. The number of hydrogen-bond acceptors (Lipinski definition) is 3. The molecule has 0 fully saturated rings. The summed E-state index contributed by atoms with van der Waals surface area (Å²) < 4.78 is 28.0. The highest BCUT2D eigenvalue weighted by molar-refractivity contribution is 7.92. The summed E-state index contributed by atoms with van der Waals surface area (Å²) in [4.78, 5) is 13.1. The molecule has 0 heterocycles. The first-order chi connectivity index (χ1) is 15.1. The standard InChI is InChI=1S/C24H24Cl2N2O3S/c1-16(2)22-6-4-5-7-23(22)27-24(29)15-28(20-13-18(25)12-19(26)14-20)32(30,31)21-10-8-17(3)9-11-21/h4-14,16H,15H2,1-3H3,(H,27,29). The van der Waals surface area contributed by atoms with Crippen LogP contribution in [0, 0.1) is 6.92 Å². The quantitative estimate of drug-likeness (QED) is 0.424. The molecule has 0 aliphatic heterocycles. The van der Waals surface area contributed by atoms with Crippen LogP contribution in [0.1, 0.15) is 30.9 Å². The Labute approximate surface area is 199 Å². The second-order valence-electron chi connectivity index (χ2n) is 7.74. The van der Waals surface area contributed by atoms with Crippen LogP contribution in [0.25, 0.3) is 0 Å². The van der Waals surface area contributed by atoms with Gasteiger partial charge in [-0.1, -0.05) is 72.9 Å². The normalized spacial score (nSPS) is 11.4. The second kappa shape index (κ2) is 9.94. The topological polar surface area (TPSA) is 66.5 Å². The van der Waals surface area contributed by atoms with Crippen LogP contribution >= 0.6 is 23.2 Å². The summed E-state index contributed by atoms with van der Waals surface area (Å²) in [5, 5.41) is 3.37. The zero-order chi connectivity index (χ0) is 23.5. The van der Waals surface area contributed by atoms with E-state index in [-0.39, 0.29) is 26.5 Å². The lowest BCUT2D eigenvalue weighted by Crippen LogP contribution is -2.38. The number of carbonyl (C=O) groups is 1. The Hall–Kier alpha value is -2.54. The molecule has 0 spiro atoms. The minimum absolute atomic E-state index is 0.0644. The van der Waals surface area contributed by atoms with Gasteiger partial charge >= 0.3 is 0 Å². The van der Waals surface area contributed by atoms with Crippen molar-refractivity contribution in [3.05, 3.63) is 87.9 Å². The van der Waals surface area contributed by atoms with Gasteiger partial charge in [0.05, 0.1) is 10.6 Å². The van der Waals surface area contributed by atoms with Crippen molar-refractivity contribution >= 4 is 50.5 Å². The third kappa shape index (κ3) is 5.63. The molecular weight excluding hydrogens is 467 g/mol. The van der Waals surface area contributed by atoms with Crippen LogP contribution in [0.4, 0.5) is 11.4 Å². The largest absolute Gasteiger partial charge is 0.324 e. The number of rotatable bonds is 7. The minimum atomic E-state index is -4.06. The number of halogens is 2. The number of nitrogens with one attached hydrogen (secondary N) is 1. The fraction of sp³-hybridized carbons (Fsp3) is 0.208. The van der Waals surface area contributed by atoms with E-state index in [2.05, 4.69) is 5.32 Å². The fourth-order valence-electron chi connectivity index (χ4n) is 3.27. The third-order valence-electron chi connectivity index (χ3n) is 4.89. The summed E-state index contributed by atoms with van der Waals surface area (Å²) >= 11 is 12.3. The SMILES string of the molecule is Cc1ccc(S(=O)(=O)N(CC(=O)Nc2ccccc2C(C)C)c2cc(Cl)cc(Cl)c2)cc1. The molecule has 0 aliphatic carbocycles. The van der Waals surface area contributed by atoms with Crippen LogP contribution in [-0.2, 0) is 14.8 Å². The number of aryl methyl sites for hydroxylation is 1. The van der Waals surface area contributed by atoms with Crippen LogP contribution in [0.15, 0.2) is 71.6 Å². The van der Waals surface area contributed by atoms with Gasteiger partial charge in [-0.2, -0.15) is 0 Å². The highest BCUT2D eigenvalue weighted by Crippen LogP contribution is 2.30. The number of benzene rings is 3. The number of hydrogen-bond donors (Lipinski definition) is 1. The van der Waals surface area contributed by atoms with Crippen molar-refractivity contribution in [2.45, 2.75) is 31.6 Å². The van der Waals surface area contributed by atoms with Crippen molar-refractivity contribution in [2.24, 2.45) is 0 Å². The van der Waals surface area contributed by atoms with E-state index in [9.17, 15) is 13.2 Å². The van der Waals surface area contributed by atoms with E-state index in [1.54, 1.807) is 18.2 Å². The zero-order valence-corrected chi connectivity index (χ0v) is 20.3. The van der Waals surface area contributed by atoms with Gasteiger partial charge < -0.3 is 5.32 Å². The molecule has 1 N–H and O–H groups in total. The van der Waals surface area contributed by atoms with E-state index in [0.29, 0.717) is 5.69 Å². The zero-order valence-electron chi connectivity index (χ0n) is 18.0. The van der Waals surface area contributed by atoms with E-state index in [1.807, 2.05) is 39.0 Å². The molecule has 0 aliphatic rings. The second-order valence-corrected chi connectivity index (χ2v) is 10.5. The van der Waals surface area contributed by atoms with Crippen molar-refractivity contribution in [3.63, 3.8) is 0 Å². The molecular formula is C24H24Cl2N2O3S. The average Bonchev–Trinajstić information content (AvgIpc) is 2.71. The summed E-state index contributed by atoms with van der Waals surface area (Å²) in [5.41, 5.74) is 2.73. The van der Waals surface area contributed by atoms with Crippen LogP contribution < -0.4 is 9.62 Å². The van der Waals surface area contributed by atoms with Crippen molar-refractivity contribution in [1.82, 2.24) is 0 Å². The summed E-state index contributed by atoms with van der Waals surface area (Å²) in [6.07, 6.45) is 0. The monoisotopic (exact) mass is 490 g/mol. The van der Waals surface area contributed by atoms with Gasteiger partial charge in [0.25, 0.3) is 10.0 Å². The molecule has 0 saturated heterocycles. The van der Waals surface area contributed by atoms with Crippen LogP contribution in [0.3, 0.4) is 0 Å². The number of nitrogens with zero attached hydrogens (tertiary/aromatic N) is 1. The lowest BCUT2D eigenvalue weighted by atomic mass is 10.0. The summed E-state index contributed by atoms with van der Waals surface area (Å²) in [5.74, 6) is -0.296. The molecule has 3 aromatic rings. The van der Waals surface area contributed by atoms with Gasteiger partial charge in [-0.15, -0.1) is 0 Å². The Bertz CT molecular complexity index is 1210. The van der Waals surface area contributed by atoms with Gasteiger partial charge in [-0.3, -0.25) is 9.10 Å². The number of carbonyl (C=O) groups excluding carboxylic acids is 1.